The van der Waals surface area contributed by atoms with Crippen molar-refractivity contribution in [2.45, 2.75) is 27.2 Å². The van der Waals surface area contributed by atoms with Gasteiger partial charge in [0.1, 0.15) is 5.75 Å². The maximum Gasteiger partial charge on any atom is 0.329 e. The molecule has 1 heterocycles. The molecule has 0 radical (unpaired) electrons. The number of hydrogen-bond acceptors (Lipinski definition) is 4. The number of rotatable bonds is 7. The van der Waals surface area contributed by atoms with Crippen LogP contribution in [-0.2, 0) is 16.0 Å². The summed E-state index contributed by atoms with van der Waals surface area (Å²) in [5.74, 6) is -0.752. The Labute approximate surface area is 188 Å². The number of aryl methyl sites for hydroxylation is 2. The summed E-state index contributed by atoms with van der Waals surface area (Å²) < 4.78 is 7.59. The van der Waals surface area contributed by atoms with Gasteiger partial charge in [-0.1, -0.05) is 36.4 Å². The fourth-order valence-electron chi connectivity index (χ4n) is 3.52. The predicted octanol–water partition coefficient (Wildman–Crippen LogP) is 3.22. The average Bonchev–Trinajstić information content (AvgIpc) is 3.07. The number of nitrogens with zero attached hydrogens (tertiary/aromatic N) is 2. The first kappa shape index (κ1) is 22.8. The minimum absolute atomic E-state index is 0.374. The van der Waals surface area contributed by atoms with E-state index in [0.717, 1.165) is 39.5 Å². The molecule has 2 amide bonds. The van der Waals surface area contributed by atoms with Crippen molar-refractivity contribution in [2.75, 3.05) is 13.7 Å². The van der Waals surface area contributed by atoms with Crippen LogP contribution in [0.2, 0.25) is 0 Å². The second kappa shape index (κ2) is 10.4. The molecule has 0 aliphatic heterocycles. The van der Waals surface area contributed by atoms with Crippen molar-refractivity contribution in [3.8, 4) is 11.4 Å². The van der Waals surface area contributed by atoms with Crippen molar-refractivity contribution in [1.82, 2.24) is 15.3 Å². The van der Waals surface area contributed by atoms with Crippen LogP contribution < -0.4 is 15.5 Å². The normalized spacial score (nSPS) is 10.9. The molecule has 0 aliphatic rings. The van der Waals surface area contributed by atoms with Crippen LogP contribution in [0.1, 0.15) is 28.1 Å². The first-order valence-electron chi connectivity index (χ1n) is 10.4. The molecule has 7 heteroatoms. The quantitative estimate of drug-likeness (QED) is 0.342. The lowest BCUT2D eigenvalue weighted by molar-refractivity contribution is -0.139. The molecule has 3 rings (SSSR count). The number of methoxy groups -OCH3 is 1. The highest BCUT2D eigenvalue weighted by Gasteiger charge is 2.15. The highest BCUT2D eigenvalue weighted by molar-refractivity contribution is 6.35. The minimum atomic E-state index is -0.802. The Morgan fingerprint density at radius 2 is 1.78 bits per heavy atom. The number of carbonyl (C=O) groups excluding carboxylic acids is 2. The Balaban J connectivity index is 1.62. The van der Waals surface area contributed by atoms with E-state index in [1.165, 1.54) is 6.21 Å². The first-order chi connectivity index (χ1) is 15.4. The lowest BCUT2D eigenvalue weighted by Crippen LogP contribution is -2.38. The summed E-state index contributed by atoms with van der Waals surface area (Å²) in [4.78, 5) is 24.0. The number of hydrazone groups is 1. The third-order valence-electron chi connectivity index (χ3n) is 5.16. The number of amides is 2. The molecule has 0 saturated heterocycles. The summed E-state index contributed by atoms with van der Waals surface area (Å²) in [6.45, 7) is 6.36. The number of benzene rings is 2. The van der Waals surface area contributed by atoms with Crippen molar-refractivity contribution in [3.05, 3.63) is 82.7 Å². The number of aromatic nitrogens is 1. The summed E-state index contributed by atoms with van der Waals surface area (Å²) in [7, 11) is 1.64. The summed E-state index contributed by atoms with van der Waals surface area (Å²) in [6, 6.07) is 17.7. The van der Waals surface area contributed by atoms with E-state index in [-0.39, 0.29) is 0 Å². The predicted molar refractivity (Wildman–Crippen MR) is 125 cm³/mol. The van der Waals surface area contributed by atoms with E-state index in [9.17, 15) is 9.59 Å². The van der Waals surface area contributed by atoms with Crippen LogP contribution in [0.3, 0.4) is 0 Å². The largest absolute Gasteiger partial charge is 0.495 e. The van der Waals surface area contributed by atoms with E-state index < -0.39 is 11.8 Å². The smallest absolute Gasteiger partial charge is 0.329 e. The number of carbonyl (C=O) groups is 2. The molecule has 0 spiro atoms. The van der Waals surface area contributed by atoms with E-state index in [1.807, 2.05) is 69.3 Å². The number of nitrogens with one attached hydrogen (secondary N) is 2. The molecular weight excluding hydrogens is 404 g/mol. The molecule has 0 atom stereocenters. The highest BCUT2D eigenvalue weighted by atomic mass is 16.5. The molecule has 32 heavy (non-hydrogen) atoms. The zero-order chi connectivity index (χ0) is 23.1. The molecule has 7 nitrogen and oxygen atoms in total. The summed E-state index contributed by atoms with van der Waals surface area (Å²) in [6.07, 6.45) is 2.19. The van der Waals surface area contributed by atoms with Crippen molar-refractivity contribution in [2.24, 2.45) is 5.10 Å². The van der Waals surface area contributed by atoms with Crippen molar-refractivity contribution < 1.29 is 14.3 Å². The zero-order valence-electron chi connectivity index (χ0n) is 18.8. The highest BCUT2D eigenvalue weighted by Crippen LogP contribution is 2.28. The molecular formula is C25H28N4O3. The van der Waals surface area contributed by atoms with Crippen LogP contribution in [0.25, 0.3) is 5.69 Å². The van der Waals surface area contributed by atoms with Gasteiger partial charge in [0.25, 0.3) is 0 Å². The van der Waals surface area contributed by atoms with E-state index in [0.29, 0.717) is 13.0 Å². The topological polar surface area (TPSA) is 84.7 Å². The molecule has 0 unspecified atom stereocenters. The zero-order valence-corrected chi connectivity index (χ0v) is 18.8. The molecule has 0 aliphatic carbocycles. The molecule has 2 aromatic carbocycles. The molecule has 166 valence electrons. The standard InChI is InChI=1S/C25H28N4O3/c1-17-10-11-23(32-4)22(14-17)29-18(2)15-21(19(29)3)16-27-28-25(31)24(30)26-13-12-20-8-6-5-7-9-20/h5-11,14-16H,12-13H2,1-4H3,(H,26,30)(H,28,31)/b27-16+. The van der Waals surface area contributed by atoms with Gasteiger partial charge in [-0.15, -0.1) is 0 Å². The molecule has 0 saturated carbocycles. The monoisotopic (exact) mass is 432 g/mol. The van der Waals surface area contributed by atoms with Gasteiger partial charge in [-0.3, -0.25) is 9.59 Å². The van der Waals surface area contributed by atoms with Gasteiger partial charge in [0, 0.05) is 23.5 Å². The van der Waals surface area contributed by atoms with Crippen molar-refractivity contribution in [3.63, 3.8) is 0 Å². The van der Waals surface area contributed by atoms with Gasteiger partial charge in [0.15, 0.2) is 0 Å². The van der Waals surface area contributed by atoms with Crippen LogP contribution >= 0.6 is 0 Å². The Kier molecular flexibility index (Phi) is 7.44. The van der Waals surface area contributed by atoms with Crippen LogP contribution in [0.15, 0.2) is 59.7 Å². The van der Waals surface area contributed by atoms with Gasteiger partial charge in [0.2, 0.25) is 0 Å². The second-order valence-electron chi connectivity index (χ2n) is 7.53. The molecule has 1 aromatic heterocycles. The third kappa shape index (κ3) is 5.43. The van der Waals surface area contributed by atoms with E-state index >= 15 is 0 Å². The molecule has 2 N–H and O–H groups in total. The Bertz CT molecular complexity index is 1130. The molecule has 0 bridgehead atoms. The van der Waals surface area contributed by atoms with Crippen LogP contribution in [0.4, 0.5) is 0 Å². The fraction of sp³-hybridized carbons (Fsp3) is 0.240. The number of ether oxygens (including phenoxy) is 1. The van der Waals surface area contributed by atoms with Gasteiger partial charge in [-0.2, -0.15) is 5.10 Å². The Hall–Kier alpha value is -3.87. The average molecular weight is 433 g/mol. The summed E-state index contributed by atoms with van der Waals surface area (Å²) in [5, 5.41) is 6.57. The van der Waals surface area contributed by atoms with Gasteiger partial charge < -0.3 is 14.6 Å². The van der Waals surface area contributed by atoms with E-state index in [2.05, 4.69) is 26.5 Å². The van der Waals surface area contributed by atoms with Crippen LogP contribution in [0.5, 0.6) is 5.75 Å². The lowest BCUT2D eigenvalue weighted by Gasteiger charge is -2.14. The Morgan fingerprint density at radius 1 is 1.03 bits per heavy atom. The van der Waals surface area contributed by atoms with E-state index in [4.69, 9.17) is 4.74 Å². The van der Waals surface area contributed by atoms with Gasteiger partial charge in [-0.25, -0.2) is 5.43 Å². The third-order valence-corrected chi connectivity index (χ3v) is 5.16. The molecule has 3 aromatic rings. The molecule has 0 fully saturated rings. The lowest BCUT2D eigenvalue weighted by atomic mass is 10.1. The minimum Gasteiger partial charge on any atom is -0.495 e. The maximum absolute atomic E-state index is 12.0. The van der Waals surface area contributed by atoms with Crippen LogP contribution in [0, 0.1) is 20.8 Å². The second-order valence-corrected chi connectivity index (χ2v) is 7.53. The Morgan fingerprint density at radius 3 is 2.50 bits per heavy atom. The van der Waals surface area contributed by atoms with Crippen molar-refractivity contribution in [1.29, 1.82) is 0 Å². The van der Waals surface area contributed by atoms with Gasteiger partial charge in [-0.05, 0) is 56.5 Å². The number of hydrogen-bond donors (Lipinski definition) is 2. The van der Waals surface area contributed by atoms with E-state index in [1.54, 1.807) is 7.11 Å². The first-order valence-corrected chi connectivity index (χ1v) is 10.4. The van der Waals surface area contributed by atoms with Crippen molar-refractivity contribution >= 4 is 18.0 Å². The van der Waals surface area contributed by atoms with Gasteiger partial charge >= 0.3 is 11.8 Å². The van der Waals surface area contributed by atoms with Crippen LogP contribution in [-0.4, -0.2) is 36.3 Å². The summed E-state index contributed by atoms with van der Waals surface area (Å²) >= 11 is 0. The van der Waals surface area contributed by atoms with Gasteiger partial charge in [0.05, 0.1) is 19.0 Å². The SMILES string of the molecule is COc1ccc(C)cc1-n1c(C)cc(/C=N/NC(=O)C(=O)NCCc2ccccc2)c1C. The summed E-state index contributed by atoms with van der Waals surface area (Å²) in [5.41, 5.74) is 8.20. The maximum atomic E-state index is 12.0. The fourth-order valence-corrected chi connectivity index (χ4v) is 3.52.